The molecule has 0 fully saturated rings. The van der Waals surface area contributed by atoms with Crippen molar-refractivity contribution in [2.24, 2.45) is 0 Å². The lowest BCUT2D eigenvalue weighted by Gasteiger charge is -2.42. The average molecular weight is 798 g/mol. The molecule has 0 radical (unpaired) electrons. The van der Waals surface area contributed by atoms with E-state index >= 15 is 0 Å². The minimum Gasteiger partial charge on any atom is -0.310 e. The Bertz CT molecular complexity index is 3090. The van der Waals surface area contributed by atoms with Gasteiger partial charge in [0.05, 0.1) is 22.7 Å². The normalized spacial score (nSPS) is 13.4. The highest BCUT2D eigenvalue weighted by atomic mass is 16.1. The van der Waals surface area contributed by atoms with E-state index in [9.17, 15) is 4.79 Å². The SMILES string of the molecule is CC1(C)c2ccccc2C(=O)c2cc(N3c4cc(-c5cccc(-c6ccccc6)c5)ccc4N(c4ccccc4)c4ccc(N(c5ccccc5)c5ccccc5)cc43)ccc21. The number of hydrogen-bond donors (Lipinski definition) is 0. The fourth-order valence-electron chi connectivity index (χ4n) is 9.51. The van der Waals surface area contributed by atoms with E-state index in [1.807, 2.05) is 18.2 Å². The van der Waals surface area contributed by atoms with Gasteiger partial charge in [-0.2, -0.15) is 0 Å². The van der Waals surface area contributed by atoms with Crippen molar-refractivity contribution in [3.63, 3.8) is 0 Å². The van der Waals surface area contributed by atoms with Gasteiger partial charge in [-0.1, -0.05) is 153 Å². The lowest BCUT2D eigenvalue weighted by molar-refractivity contribution is 0.103. The molecular formula is C58H43N3O. The molecule has 0 amide bonds. The zero-order valence-corrected chi connectivity index (χ0v) is 34.6. The molecule has 0 saturated carbocycles. The van der Waals surface area contributed by atoms with E-state index in [4.69, 9.17) is 0 Å². The van der Waals surface area contributed by atoms with Gasteiger partial charge in [-0.15, -0.1) is 0 Å². The van der Waals surface area contributed by atoms with Gasteiger partial charge in [0, 0.05) is 45.0 Å². The molecule has 9 aromatic rings. The minimum atomic E-state index is -0.351. The van der Waals surface area contributed by atoms with Crippen molar-refractivity contribution >= 4 is 57.0 Å². The summed E-state index contributed by atoms with van der Waals surface area (Å²) in [5.41, 5.74) is 17.0. The van der Waals surface area contributed by atoms with Gasteiger partial charge < -0.3 is 14.7 Å². The van der Waals surface area contributed by atoms with E-state index in [1.165, 1.54) is 5.56 Å². The Hall–Kier alpha value is -7.95. The first kappa shape index (κ1) is 37.1. The van der Waals surface area contributed by atoms with Crippen LogP contribution in [0.5, 0.6) is 0 Å². The molecule has 1 aliphatic carbocycles. The molecule has 296 valence electrons. The highest BCUT2D eigenvalue weighted by molar-refractivity contribution is 6.14. The van der Waals surface area contributed by atoms with Crippen molar-refractivity contribution in [3.8, 4) is 22.3 Å². The van der Waals surface area contributed by atoms with E-state index in [1.54, 1.807) is 0 Å². The van der Waals surface area contributed by atoms with Crippen LogP contribution in [0, 0.1) is 0 Å². The predicted molar refractivity (Wildman–Crippen MR) is 257 cm³/mol. The van der Waals surface area contributed by atoms with E-state index in [-0.39, 0.29) is 11.2 Å². The van der Waals surface area contributed by atoms with Gasteiger partial charge in [0.1, 0.15) is 0 Å². The Labute approximate surface area is 363 Å². The first-order valence-electron chi connectivity index (χ1n) is 21.2. The molecule has 0 atom stereocenters. The summed E-state index contributed by atoms with van der Waals surface area (Å²) in [6.45, 7) is 4.45. The number of nitrogens with zero attached hydrogens (tertiary/aromatic N) is 3. The van der Waals surface area contributed by atoms with E-state index in [0.717, 1.165) is 90.1 Å². The summed E-state index contributed by atoms with van der Waals surface area (Å²) < 4.78 is 0. The van der Waals surface area contributed by atoms with E-state index in [2.05, 4.69) is 235 Å². The monoisotopic (exact) mass is 797 g/mol. The number of fused-ring (bicyclic) bond motifs is 4. The van der Waals surface area contributed by atoms with Crippen LogP contribution >= 0.6 is 0 Å². The average Bonchev–Trinajstić information content (AvgIpc) is 3.33. The van der Waals surface area contributed by atoms with Gasteiger partial charge in [-0.25, -0.2) is 0 Å². The van der Waals surface area contributed by atoms with E-state index < -0.39 is 0 Å². The zero-order chi connectivity index (χ0) is 41.8. The number of carbonyl (C=O) groups is 1. The molecule has 0 aromatic heterocycles. The van der Waals surface area contributed by atoms with Crippen LogP contribution in [0.3, 0.4) is 0 Å². The Balaban J connectivity index is 1.17. The Morgan fingerprint density at radius 3 is 1.56 bits per heavy atom. The summed E-state index contributed by atoms with van der Waals surface area (Å²) in [5, 5.41) is 0. The molecule has 11 rings (SSSR count). The Morgan fingerprint density at radius 1 is 0.355 bits per heavy atom. The molecule has 0 saturated heterocycles. The summed E-state index contributed by atoms with van der Waals surface area (Å²) in [4.78, 5) is 21.6. The lowest BCUT2D eigenvalue weighted by Crippen LogP contribution is -2.31. The third-order valence-electron chi connectivity index (χ3n) is 12.5. The summed E-state index contributed by atoms with van der Waals surface area (Å²) in [6.07, 6.45) is 0. The van der Waals surface area contributed by atoms with Crippen LogP contribution in [0.25, 0.3) is 22.3 Å². The third-order valence-corrected chi connectivity index (χ3v) is 12.5. The van der Waals surface area contributed by atoms with Crippen molar-refractivity contribution in [2.75, 3.05) is 14.7 Å². The first-order chi connectivity index (χ1) is 30.4. The molecule has 1 aliphatic heterocycles. The van der Waals surface area contributed by atoms with Gasteiger partial charge in [0.25, 0.3) is 0 Å². The quantitative estimate of drug-likeness (QED) is 0.160. The first-order valence-corrected chi connectivity index (χ1v) is 21.2. The topological polar surface area (TPSA) is 26.8 Å². The lowest BCUT2D eigenvalue weighted by atomic mass is 9.68. The molecule has 4 nitrogen and oxygen atoms in total. The van der Waals surface area contributed by atoms with Crippen LogP contribution in [0.1, 0.15) is 40.9 Å². The van der Waals surface area contributed by atoms with Crippen LogP contribution in [-0.2, 0) is 5.41 Å². The van der Waals surface area contributed by atoms with Crippen LogP contribution in [-0.4, -0.2) is 5.78 Å². The molecule has 0 unspecified atom stereocenters. The van der Waals surface area contributed by atoms with Gasteiger partial charge in [0.2, 0.25) is 0 Å². The maximum atomic E-state index is 14.6. The number of benzene rings is 9. The van der Waals surface area contributed by atoms with Gasteiger partial charge in [0.15, 0.2) is 5.78 Å². The van der Waals surface area contributed by atoms with Gasteiger partial charge in [-0.3, -0.25) is 4.79 Å². The van der Waals surface area contributed by atoms with Crippen LogP contribution in [0.4, 0.5) is 51.2 Å². The number of ketones is 1. The number of hydrogen-bond acceptors (Lipinski definition) is 4. The van der Waals surface area contributed by atoms with Gasteiger partial charge >= 0.3 is 0 Å². The smallest absolute Gasteiger partial charge is 0.193 e. The van der Waals surface area contributed by atoms with Crippen molar-refractivity contribution < 1.29 is 4.79 Å². The van der Waals surface area contributed by atoms with Crippen LogP contribution < -0.4 is 14.7 Å². The van der Waals surface area contributed by atoms with Crippen molar-refractivity contribution in [2.45, 2.75) is 19.3 Å². The van der Waals surface area contributed by atoms with Gasteiger partial charge in [-0.05, 0) is 118 Å². The second-order valence-corrected chi connectivity index (χ2v) is 16.6. The molecule has 4 heteroatoms. The largest absolute Gasteiger partial charge is 0.310 e. The fourth-order valence-corrected chi connectivity index (χ4v) is 9.51. The number of anilines is 9. The number of rotatable bonds is 7. The molecule has 0 spiro atoms. The summed E-state index contributed by atoms with van der Waals surface area (Å²) in [6, 6.07) is 79.1. The maximum Gasteiger partial charge on any atom is 0.193 e. The predicted octanol–water partition coefficient (Wildman–Crippen LogP) is 15.6. The van der Waals surface area contributed by atoms with Crippen LogP contribution in [0.2, 0.25) is 0 Å². The second kappa shape index (κ2) is 14.9. The summed E-state index contributed by atoms with van der Waals surface area (Å²) in [7, 11) is 0. The standard InChI is InChI=1S/C58H43N3O/c1-58(2)51-29-16-15-28-49(51)57(62)50-38-47(31-33-52(50)58)61-55-37-43(42-21-17-20-41(36-42)40-18-7-3-8-19-40)30-34-53(55)60(46-26-13-6-14-27-46)54-35-32-48(39-56(54)61)59(44-22-9-4-10-23-44)45-24-11-5-12-25-45/h3-39H,1-2H3. The van der Waals surface area contributed by atoms with Crippen molar-refractivity contribution in [1.82, 2.24) is 0 Å². The highest BCUT2D eigenvalue weighted by Gasteiger charge is 2.38. The van der Waals surface area contributed by atoms with Crippen molar-refractivity contribution in [3.05, 3.63) is 247 Å². The molecule has 62 heavy (non-hydrogen) atoms. The third kappa shape index (κ3) is 6.19. The summed E-state index contributed by atoms with van der Waals surface area (Å²) in [5.74, 6) is 0.0553. The van der Waals surface area contributed by atoms with E-state index in [0.29, 0.717) is 0 Å². The zero-order valence-electron chi connectivity index (χ0n) is 34.6. The summed E-state index contributed by atoms with van der Waals surface area (Å²) >= 11 is 0. The minimum absolute atomic E-state index is 0.0553. The second-order valence-electron chi connectivity index (χ2n) is 16.6. The number of para-hydroxylation sites is 3. The molecule has 1 heterocycles. The maximum absolute atomic E-state index is 14.6. The molecule has 0 N–H and O–H groups in total. The number of carbonyl (C=O) groups excluding carboxylic acids is 1. The Morgan fingerprint density at radius 2 is 0.871 bits per heavy atom. The van der Waals surface area contributed by atoms with Crippen LogP contribution in [0.15, 0.2) is 224 Å². The molecule has 9 aromatic carbocycles. The molecule has 2 aliphatic rings. The highest BCUT2D eigenvalue weighted by Crippen LogP contribution is 2.57. The van der Waals surface area contributed by atoms with Crippen molar-refractivity contribution in [1.29, 1.82) is 0 Å². The fraction of sp³-hybridized carbons (Fsp3) is 0.0517. The Kier molecular flexibility index (Phi) is 8.94. The molecular weight excluding hydrogens is 755 g/mol. The molecule has 0 bridgehead atoms.